The molecule has 0 spiro atoms. The number of hydrogen-bond donors (Lipinski definition) is 2. The third-order valence-electron chi connectivity index (χ3n) is 4.47. The van der Waals surface area contributed by atoms with Gasteiger partial charge in [-0.2, -0.15) is 5.10 Å². The summed E-state index contributed by atoms with van der Waals surface area (Å²) in [5.74, 6) is -1.01. The van der Waals surface area contributed by atoms with E-state index >= 15 is 0 Å². The van der Waals surface area contributed by atoms with E-state index in [4.69, 9.17) is 17.3 Å². The Kier molecular flexibility index (Phi) is 5.53. The maximum atomic E-state index is 12.9. The minimum atomic E-state index is -0.560. The summed E-state index contributed by atoms with van der Waals surface area (Å²) < 4.78 is 1.75. The molecule has 2 amide bonds. The van der Waals surface area contributed by atoms with Crippen molar-refractivity contribution < 1.29 is 9.59 Å². The number of nitrogens with two attached hydrogens (primary N) is 1. The first-order valence-electron chi connectivity index (χ1n) is 9.16. The Morgan fingerprint density at radius 1 is 1.13 bits per heavy atom. The fourth-order valence-corrected chi connectivity index (χ4v) is 4.07. The number of halogens is 1. The molecule has 31 heavy (non-hydrogen) atoms. The van der Waals surface area contributed by atoms with Crippen molar-refractivity contribution in [3.8, 4) is 11.3 Å². The molecule has 0 aliphatic rings. The van der Waals surface area contributed by atoms with Crippen molar-refractivity contribution in [2.24, 2.45) is 5.73 Å². The molecular formula is C21H16ClN5O3S. The van der Waals surface area contributed by atoms with Gasteiger partial charge in [-0.3, -0.25) is 14.4 Å². The van der Waals surface area contributed by atoms with Crippen molar-refractivity contribution in [1.82, 2.24) is 14.8 Å². The van der Waals surface area contributed by atoms with E-state index in [-0.39, 0.29) is 12.1 Å². The van der Waals surface area contributed by atoms with Crippen molar-refractivity contribution in [1.29, 1.82) is 0 Å². The fourth-order valence-electron chi connectivity index (χ4n) is 3.02. The summed E-state index contributed by atoms with van der Waals surface area (Å²) in [6.45, 7) is 1.51. The Morgan fingerprint density at radius 3 is 2.45 bits per heavy atom. The van der Waals surface area contributed by atoms with Gasteiger partial charge in [-0.1, -0.05) is 23.7 Å². The number of primary amides is 1. The van der Waals surface area contributed by atoms with Crippen LogP contribution in [0.1, 0.15) is 15.4 Å². The van der Waals surface area contributed by atoms with Gasteiger partial charge in [-0.15, -0.1) is 11.3 Å². The quantitative estimate of drug-likeness (QED) is 0.480. The minimum absolute atomic E-state index is 0.265. The second-order valence-corrected chi connectivity index (χ2v) is 8.36. The monoisotopic (exact) mass is 453 g/mol. The predicted octanol–water partition coefficient (Wildman–Crippen LogP) is 3.22. The van der Waals surface area contributed by atoms with Crippen molar-refractivity contribution in [2.75, 3.05) is 5.32 Å². The smallest absolute Gasteiger partial charge is 0.294 e. The number of benzene rings is 2. The first-order valence-corrected chi connectivity index (χ1v) is 10.3. The zero-order chi connectivity index (χ0) is 22.1. The molecule has 0 aliphatic heterocycles. The van der Waals surface area contributed by atoms with E-state index in [0.717, 1.165) is 15.3 Å². The molecule has 4 rings (SSSR count). The molecular weight excluding hydrogens is 438 g/mol. The van der Waals surface area contributed by atoms with Crippen molar-refractivity contribution >= 4 is 50.7 Å². The van der Waals surface area contributed by atoms with Gasteiger partial charge in [0.15, 0.2) is 5.52 Å². The Morgan fingerprint density at radius 2 is 1.81 bits per heavy atom. The number of anilines is 1. The van der Waals surface area contributed by atoms with Gasteiger partial charge in [0, 0.05) is 21.8 Å². The molecule has 0 bridgehead atoms. The summed E-state index contributed by atoms with van der Waals surface area (Å²) in [4.78, 5) is 40.9. The SMILES string of the molecule is Cc1nc2c(=O)n(CC(=O)Nc3ccc(C(N)=O)cc3)nc(-c3ccc(Cl)cc3)c2s1. The number of rotatable bonds is 5. The number of aromatic nitrogens is 3. The molecule has 0 saturated heterocycles. The lowest BCUT2D eigenvalue weighted by molar-refractivity contribution is -0.117. The molecule has 2 aromatic heterocycles. The van der Waals surface area contributed by atoms with E-state index in [1.54, 1.807) is 36.4 Å². The van der Waals surface area contributed by atoms with Gasteiger partial charge in [0.05, 0.1) is 9.71 Å². The number of thiazole rings is 1. The molecule has 10 heteroatoms. The van der Waals surface area contributed by atoms with Crippen LogP contribution in [0.3, 0.4) is 0 Å². The zero-order valence-corrected chi connectivity index (χ0v) is 17.8. The third kappa shape index (κ3) is 4.32. The van der Waals surface area contributed by atoms with E-state index < -0.39 is 17.4 Å². The summed E-state index contributed by atoms with van der Waals surface area (Å²) in [6.07, 6.45) is 0. The highest BCUT2D eigenvalue weighted by molar-refractivity contribution is 7.19. The normalized spacial score (nSPS) is 10.9. The lowest BCUT2D eigenvalue weighted by atomic mass is 10.1. The number of aryl methyl sites for hydroxylation is 1. The average Bonchev–Trinajstić information content (AvgIpc) is 3.13. The summed E-state index contributed by atoms with van der Waals surface area (Å²) in [6, 6.07) is 13.2. The second kappa shape index (κ2) is 8.29. The van der Waals surface area contributed by atoms with Crippen molar-refractivity contribution in [3.05, 3.63) is 74.5 Å². The van der Waals surface area contributed by atoms with Crippen LogP contribution in [0.2, 0.25) is 5.02 Å². The molecule has 8 nitrogen and oxygen atoms in total. The Hall–Kier alpha value is -3.56. The molecule has 3 N–H and O–H groups in total. The number of nitrogens with one attached hydrogen (secondary N) is 1. The highest BCUT2D eigenvalue weighted by Gasteiger charge is 2.18. The van der Waals surface area contributed by atoms with Crippen LogP contribution in [0, 0.1) is 6.92 Å². The molecule has 0 fully saturated rings. The van der Waals surface area contributed by atoms with Crippen LogP contribution in [-0.4, -0.2) is 26.6 Å². The number of nitrogens with zero attached hydrogens (tertiary/aromatic N) is 3. The van der Waals surface area contributed by atoms with Gasteiger partial charge >= 0.3 is 0 Å². The van der Waals surface area contributed by atoms with Crippen LogP contribution in [0.5, 0.6) is 0 Å². The molecule has 0 atom stereocenters. The summed E-state index contributed by atoms with van der Waals surface area (Å²) in [7, 11) is 0. The number of fused-ring (bicyclic) bond motifs is 1. The van der Waals surface area contributed by atoms with E-state index in [2.05, 4.69) is 15.4 Å². The maximum Gasteiger partial charge on any atom is 0.294 e. The summed E-state index contributed by atoms with van der Waals surface area (Å²) in [5, 5.41) is 8.42. The minimum Gasteiger partial charge on any atom is -0.366 e. The number of amides is 2. The molecule has 0 saturated carbocycles. The van der Waals surface area contributed by atoms with E-state index in [0.29, 0.717) is 26.7 Å². The van der Waals surface area contributed by atoms with Gasteiger partial charge in [-0.05, 0) is 43.3 Å². The highest BCUT2D eigenvalue weighted by atomic mass is 35.5. The average molecular weight is 454 g/mol. The molecule has 2 aromatic carbocycles. The molecule has 4 aromatic rings. The van der Waals surface area contributed by atoms with Crippen molar-refractivity contribution in [3.63, 3.8) is 0 Å². The summed E-state index contributed by atoms with van der Waals surface area (Å²) in [5.41, 5.74) is 7.13. The Balaban J connectivity index is 1.67. The Bertz CT molecular complexity index is 1360. The highest BCUT2D eigenvalue weighted by Crippen LogP contribution is 2.30. The topological polar surface area (TPSA) is 120 Å². The van der Waals surface area contributed by atoms with E-state index in [9.17, 15) is 14.4 Å². The number of carbonyl (C=O) groups excluding carboxylic acids is 2. The van der Waals surface area contributed by atoms with Crippen LogP contribution in [0.25, 0.3) is 21.5 Å². The number of carbonyl (C=O) groups is 2. The van der Waals surface area contributed by atoms with E-state index in [1.807, 2.05) is 6.92 Å². The first-order chi connectivity index (χ1) is 14.8. The standard InChI is InChI=1S/C21H16ClN5O3S/c1-11-24-18-19(31-11)17(12-2-6-14(22)7-3-12)26-27(21(18)30)10-16(28)25-15-8-4-13(5-9-15)20(23)29/h2-9H,10H2,1H3,(H2,23,29)(H,25,28). The third-order valence-corrected chi connectivity index (χ3v) is 5.70. The van der Waals surface area contributed by atoms with Gasteiger partial charge in [0.2, 0.25) is 11.8 Å². The number of hydrogen-bond acceptors (Lipinski definition) is 6. The molecule has 2 heterocycles. The summed E-state index contributed by atoms with van der Waals surface area (Å²) >= 11 is 7.35. The Labute approximate surface area is 185 Å². The van der Waals surface area contributed by atoms with Gasteiger partial charge < -0.3 is 11.1 Å². The van der Waals surface area contributed by atoms with Gasteiger partial charge in [0.25, 0.3) is 5.56 Å². The maximum absolute atomic E-state index is 12.9. The molecule has 0 radical (unpaired) electrons. The van der Waals surface area contributed by atoms with Gasteiger partial charge in [-0.25, -0.2) is 9.67 Å². The van der Waals surface area contributed by atoms with Crippen molar-refractivity contribution in [2.45, 2.75) is 13.5 Å². The molecule has 0 aliphatic carbocycles. The molecule has 156 valence electrons. The van der Waals surface area contributed by atoms with Crippen LogP contribution in [0.15, 0.2) is 53.3 Å². The lowest BCUT2D eigenvalue weighted by Gasteiger charge is -2.10. The van der Waals surface area contributed by atoms with E-state index in [1.165, 1.54) is 23.5 Å². The first kappa shape index (κ1) is 20.7. The van der Waals surface area contributed by atoms with Crippen LogP contribution >= 0.6 is 22.9 Å². The predicted molar refractivity (Wildman–Crippen MR) is 120 cm³/mol. The zero-order valence-electron chi connectivity index (χ0n) is 16.3. The fraction of sp³-hybridized carbons (Fsp3) is 0.0952. The van der Waals surface area contributed by atoms with Crippen LogP contribution in [-0.2, 0) is 11.3 Å². The van der Waals surface area contributed by atoms with Crippen LogP contribution < -0.4 is 16.6 Å². The largest absolute Gasteiger partial charge is 0.366 e. The lowest BCUT2D eigenvalue weighted by Crippen LogP contribution is -2.30. The molecule has 0 unspecified atom stereocenters. The van der Waals surface area contributed by atoms with Gasteiger partial charge in [0.1, 0.15) is 12.2 Å². The second-order valence-electron chi connectivity index (χ2n) is 6.72. The van der Waals surface area contributed by atoms with Crippen LogP contribution in [0.4, 0.5) is 5.69 Å².